The van der Waals surface area contributed by atoms with Gasteiger partial charge >= 0.3 is 0 Å². The lowest BCUT2D eigenvalue weighted by molar-refractivity contribution is -0.114. The molecule has 0 bridgehead atoms. The Labute approximate surface area is 281 Å². The predicted octanol–water partition coefficient (Wildman–Crippen LogP) is 6.45. The van der Waals surface area contributed by atoms with E-state index in [1.54, 1.807) is 30.3 Å². The van der Waals surface area contributed by atoms with Crippen LogP contribution in [0.5, 0.6) is 0 Å². The number of fused-ring (bicyclic) bond motifs is 1. The van der Waals surface area contributed by atoms with Crippen molar-refractivity contribution in [2.75, 3.05) is 25.5 Å². The molecule has 0 saturated carbocycles. The van der Waals surface area contributed by atoms with Gasteiger partial charge in [0.15, 0.2) is 0 Å². The minimum atomic E-state index is -0.690. The van der Waals surface area contributed by atoms with Crippen LogP contribution in [0.1, 0.15) is 75.6 Å². The first-order chi connectivity index (χ1) is 22.8. The monoisotopic (exact) mass is 652 g/mol. The van der Waals surface area contributed by atoms with E-state index in [-0.39, 0.29) is 23.1 Å². The van der Waals surface area contributed by atoms with Crippen LogP contribution in [0.25, 0.3) is 22.0 Å². The van der Waals surface area contributed by atoms with Gasteiger partial charge in [0.1, 0.15) is 17.3 Å². The van der Waals surface area contributed by atoms with Gasteiger partial charge in [-0.1, -0.05) is 45.5 Å². The van der Waals surface area contributed by atoms with Gasteiger partial charge in [-0.2, -0.15) is 9.78 Å². The highest BCUT2D eigenvalue weighted by Gasteiger charge is 2.23. The fourth-order valence-electron chi connectivity index (χ4n) is 6.24. The number of carbonyl (C=O) groups is 1. The number of halogens is 1. The molecule has 48 heavy (non-hydrogen) atoms. The van der Waals surface area contributed by atoms with E-state index in [4.69, 9.17) is 10.5 Å². The number of rotatable bonds is 10. The third kappa shape index (κ3) is 7.40. The van der Waals surface area contributed by atoms with Crippen molar-refractivity contribution in [3.05, 3.63) is 112 Å². The van der Waals surface area contributed by atoms with Crippen LogP contribution in [0.2, 0.25) is 0 Å². The van der Waals surface area contributed by atoms with Crippen LogP contribution in [0.3, 0.4) is 0 Å². The Morgan fingerprint density at radius 2 is 1.90 bits per heavy atom. The predicted molar refractivity (Wildman–Crippen MR) is 190 cm³/mol. The number of ether oxygens (including phenoxy) is 1. The molecule has 0 aliphatic carbocycles. The highest BCUT2D eigenvalue weighted by atomic mass is 19.1. The van der Waals surface area contributed by atoms with Crippen LogP contribution in [0.15, 0.2) is 78.0 Å². The molecule has 5 rings (SSSR count). The average Bonchev–Trinajstić information content (AvgIpc) is 3.04. The van der Waals surface area contributed by atoms with Crippen LogP contribution >= 0.6 is 0 Å². The van der Waals surface area contributed by atoms with Crippen molar-refractivity contribution in [2.24, 2.45) is 5.73 Å². The van der Waals surface area contributed by atoms with Gasteiger partial charge in [0, 0.05) is 30.3 Å². The van der Waals surface area contributed by atoms with Crippen LogP contribution in [0.4, 0.5) is 10.2 Å². The number of primary amides is 1. The number of hydrogen-bond acceptors (Lipinski definition) is 7. The highest BCUT2D eigenvalue weighted by Crippen LogP contribution is 2.31. The number of pyridine rings is 1. The van der Waals surface area contributed by atoms with Gasteiger partial charge in [0.2, 0.25) is 0 Å². The number of likely N-dealkylation sites (tertiary alicyclic amines) is 1. The maximum absolute atomic E-state index is 15.4. The second-order valence-electron chi connectivity index (χ2n) is 13.7. The molecule has 1 aliphatic rings. The van der Waals surface area contributed by atoms with Crippen LogP contribution in [-0.2, 0) is 21.6 Å². The third-order valence-electron chi connectivity index (χ3n) is 9.08. The van der Waals surface area contributed by atoms with Crippen molar-refractivity contribution in [2.45, 2.75) is 71.4 Å². The minimum absolute atomic E-state index is 0.0507. The summed E-state index contributed by atoms with van der Waals surface area (Å²) in [5.41, 5.74) is 8.93. The van der Waals surface area contributed by atoms with Crippen molar-refractivity contribution >= 4 is 28.1 Å². The number of hydrogen-bond donors (Lipinski definition) is 2. The molecule has 9 nitrogen and oxygen atoms in total. The second kappa shape index (κ2) is 14.2. The van der Waals surface area contributed by atoms with Crippen molar-refractivity contribution in [1.29, 1.82) is 0 Å². The minimum Gasteiger partial charge on any atom is -0.380 e. The Kier molecular flexibility index (Phi) is 10.3. The van der Waals surface area contributed by atoms with E-state index in [1.807, 2.05) is 39.1 Å². The lowest BCUT2D eigenvalue weighted by Crippen LogP contribution is -2.37. The molecular formula is C38H45FN6O3. The topological polar surface area (TPSA) is 115 Å². The molecule has 3 N–H and O–H groups in total. The second-order valence-corrected chi connectivity index (χ2v) is 13.7. The molecule has 1 amide bonds. The zero-order valence-electron chi connectivity index (χ0n) is 28.6. The molecule has 0 radical (unpaired) electrons. The Hall–Kier alpha value is -4.67. The molecule has 1 aliphatic heterocycles. The molecule has 4 aromatic rings. The molecule has 1 fully saturated rings. The summed E-state index contributed by atoms with van der Waals surface area (Å²) in [6, 6.07) is 12.9. The maximum atomic E-state index is 15.4. The zero-order valence-corrected chi connectivity index (χ0v) is 28.6. The number of piperidine rings is 1. The Balaban J connectivity index is 1.44. The normalized spacial score (nSPS) is 14.9. The summed E-state index contributed by atoms with van der Waals surface area (Å²) in [5.74, 6) is -0.373. The van der Waals surface area contributed by atoms with Crippen LogP contribution in [-0.4, -0.2) is 51.8 Å². The largest absolute Gasteiger partial charge is 0.380 e. The van der Waals surface area contributed by atoms with Crippen LogP contribution < -0.4 is 16.6 Å². The number of amides is 1. The number of nitrogens with two attached hydrogens (primary N) is 1. The number of aromatic nitrogens is 3. The molecule has 0 unspecified atom stereocenters. The molecule has 0 spiro atoms. The molecule has 2 aromatic carbocycles. The third-order valence-corrected chi connectivity index (χ3v) is 9.08. The van der Waals surface area contributed by atoms with E-state index in [9.17, 15) is 9.59 Å². The van der Waals surface area contributed by atoms with E-state index in [1.165, 1.54) is 29.6 Å². The quantitative estimate of drug-likeness (QED) is 0.150. The van der Waals surface area contributed by atoms with E-state index >= 15 is 4.39 Å². The lowest BCUT2D eigenvalue weighted by Gasteiger charge is -2.34. The molecule has 0 atom stereocenters. The zero-order chi connectivity index (χ0) is 34.7. The van der Waals surface area contributed by atoms with Crippen molar-refractivity contribution in [3.8, 4) is 5.69 Å². The Morgan fingerprint density at radius 1 is 1.17 bits per heavy atom. The van der Waals surface area contributed by atoms with Gasteiger partial charge in [-0.25, -0.2) is 9.37 Å². The van der Waals surface area contributed by atoms with Gasteiger partial charge in [0.25, 0.3) is 11.5 Å². The summed E-state index contributed by atoms with van der Waals surface area (Å²) in [6.45, 7) is 16.8. The van der Waals surface area contributed by atoms with E-state index in [0.29, 0.717) is 45.6 Å². The molecule has 2 aromatic heterocycles. The number of nitrogens with one attached hydrogen (secondary N) is 1. The van der Waals surface area contributed by atoms with Gasteiger partial charge < -0.3 is 20.7 Å². The number of methoxy groups -OCH3 is 1. The smallest absolute Gasteiger partial charge is 0.282 e. The molecular weight excluding hydrogens is 607 g/mol. The van der Waals surface area contributed by atoms with Gasteiger partial charge in [-0.15, -0.1) is 0 Å². The average molecular weight is 653 g/mol. The first kappa shape index (κ1) is 34.7. The van der Waals surface area contributed by atoms with Crippen LogP contribution in [0, 0.1) is 5.82 Å². The SMILES string of the molecule is C=C(/C=C(/Nc1ccc(C2CCN(C(C)C)CC2)cn1)C(N)=O)c1cccc(-n2ncc3cc(C(C)(C)C)cc(F)c3c2=O)c1COC. The first-order valence-electron chi connectivity index (χ1n) is 16.3. The summed E-state index contributed by atoms with van der Waals surface area (Å²) in [4.78, 5) is 33.3. The maximum Gasteiger partial charge on any atom is 0.282 e. The van der Waals surface area contributed by atoms with Crippen molar-refractivity contribution < 1.29 is 13.9 Å². The van der Waals surface area contributed by atoms with Gasteiger partial charge in [0.05, 0.1) is 23.9 Å². The fraction of sp³-hybridized carbons (Fsp3) is 0.368. The molecule has 252 valence electrons. The Bertz CT molecular complexity index is 1920. The van der Waals surface area contributed by atoms with Gasteiger partial charge in [-0.05, 0) is 104 Å². The number of anilines is 1. The number of carbonyl (C=O) groups excluding carboxylic acids is 1. The number of allylic oxidation sites excluding steroid dienone is 2. The molecule has 10 heteroatoms. The van der Waals surface area contributed by atoms with E-state index in [2.05, 4.69) is 40.7 Å². The summed E-state index contributed by atoms with van der Waals surface area (Å²) >= 11 is 0. The molecule has 3 heterocycles. The fourth-order valence-corrected chi connectivity index (χ4v) is 6.24. The highest BCUT2D eigenvalue weighted by molar-refractivity contribution is 5.98. The van der Waals surface area contributed by atoms with Gasteiger partial charge in [-0.3, -0.25) is 9.59 Å². The Morgan fingerprint density at radius 3 is 2.50 bits per heavy atom. The lowest BCUT2D eigenvalue weighted by atomic mass is 9.86. The summed E-state index contributed by atoms with van der Waals surface area (Å²) < 4.78 is 22.1. The standard InChI is InChI=1S/C38H45FN6O3/c1-23(2)44-15-13-25(14-16-44)26-11-12-34(41-20-26)43-32(36(40)46)17-24(3)29-9-8-10-33(30(29)22-48-7)45-37(47)35-27(21-42-45)18-28(19-31(35)39)38(4,5)6/h8-12,17-21,23,25H,3,13-16,22H2,1-2,4-7H3,(H2,40,46)(H,41,43)/b32-17+. The van der Waals surface area contributed by atoms with Crippen molar-refractivity contribution in [1.82, 2.24) is 19.7 Å². The summed E-state index contributed by atoms with van der Waals surface area (Å²) in [6.07, 6.45) is 7.05. The number of nitrogens with zero attached hydrogens (tertiary/aromatic N) is 4. The summed E-state index contributed by atoms with van der Waals surface area (Å²) in [7, 11) is 1.53. The summed E-state index contributed by atoms with van der Waals surface area (Å²) in [5, 5.41) is 7.84. The van der Waals surface area contributed by atoms with E-state index in [0.717, 1.165) is 31.5 Å². The molecule has 1 saturated heterocycles. The number of benzene rings is 2. The first-order valence-corrected chi connectivity index (χ1v) is 16.3. The van der Waals surface area contributed by atoms with E-state index < -0.39 is 17.3 Å². The van der Waals surface area contributed by atoms with Crippen molar-refractivity contribution in [3.63, 3.8) is 0 Å².